The fourth-order valence-electron chi connectivity index (χ4n) is 3.02. The molecule has 0 unspecified atom stereocenters. The van der Waals surface area contributed by atoms with E-state index in [9.17, 15) is 9.18 Å². The lowest BCUT2D eigenvalue weighted by Gasteiger charge is -2.26. The van der Waals surface area contributed by atoms with E-state index in [1.807, 2.05) is 28.5 Å². The molecule has 3 aromatic rings. The van der Waals surface area contributed by atoms with Crippen LogP contribution in [0.5, 0.6) is 0 Å². The minimum absolute atomic E-state index is 0.00481. The summed E-state index contributed by atoms with van der Waals surface area (Å²) in [6.07, 6.45) is 4.23. The van der Waals surface area contributed by atoms with Gasteiger partial charge in [-0.05, 0) is 35.7 Å². The summed E-state index contributed by atoms with van der Waals surface area (Å²) in [4.78, 5) is 18.6. The van der Waals surface area contributed by atoms with Crippen molar-refractivity contribution in [2.45, 2.75) is 13.0 Å². The van der Waals surface area contributed by atoms with Crippen molar-refractivity contribution in [1.82, 2.24) is 9.88 Å². The summed E-state index contributed by atoms with van der Waals surface area (Å²) in [6.45, 7) is 1.20. The third kappa shape index (κ3) is 2.68. The fraction of sp³-hybridized carbons (Fsp3) is 0.167. The molecule has 0 aliphatic carbocycles. The van der Waals surface area contributed by atoms with Crippen molar-refractivity contribution in [3.63, 3.8) is 0 Å². The van der Waals surface area contributed by atoms with E-state index in [4.69, 9.17) is 0 Å². The molecule has 1 aliphatic rings. The summed E-state index contributed by atoms with van der Waals surface area (Å²) in [5.74, 6) is -0.254. The van der Waals surface area contributed by atoms with Crippen molar-refractivity contribution in [3.8, 4) is 0 Å². The summed E-state index contributed by atoms with van der Waals surface area (Å²) >= 11 is 1.60. The van der Waals surface area contributed by atoms with Crippen LogP contribution in [0.3, 0.4) is 0 Å². The fourth-order valence-corrected chi connectivity index (χ4v) is 3.64. The Morgan fingerprint density at radius 2 is 2.26 bits per heavy atom. The van der Waals surface area contributed by atoms with Gasteiger partial charge in [0.05, 0.1) is 0 Å². The summed E-state index contributed by atoms with van der Waals surface area (Å²) in [5.41, 5.74) is 3.07. The van der Waals surface area contributed by atoms with E-state index in [2.05, 4.69) is 4.98 Å². The van der Waals surface area contributed by atoms with Crippen LogP contribution in [0.2, 0.25) is 0 Å². The van der Waals surface area contributed by atoms with Crippen LogP contribution >= 0.6 is 11.3 Å². The van der Waals surface area contributed by atoms with Crippen LogP contribution in [-0.2, 0) is 17.8 Å². The number of amides is 1. The van der Waals surface area contributed by atoms with E-state index < -0.39 is 0 Å². The first-order chi connectivity index (χ1) is 11.2. The zero-order valence-corrected chi connectivity index (χ0v) is 13.2. The largest absolute Gasteiger partial charge is 0.358 e. The summed E-state index contributed by atoms with van der Waals surface area (Å²) in [7, 11) is 0. The van der Waals surface area contributed by atoms with Crippen LogP contribution in [0, 0.1) is 5.82 Å². The van der Waals surface area contributed by atoms with Gasteiger partial charge in [0.25, 0.3) is 0 Å². The maximum absolute atomic E-state index is 13.5. The Morgan fingerprint density at radius 1 is 1.35 bits per heavy atom. The van der Waals surface area contributed by atoms with Crippen molar-refractivity contribution in [2.24, 2.45) is 0 Å². The van der Waals surface area contributed by atoms with Crippen LogP contribution in [0.1, 0.15) is 16.1 Å². The molecule has 23 heavy (non-hydrogen) atoms. The van der Waals surface area contributed by atoms with Gasteiger partial charge in [0.15, 0.2) is 0 Å². The standard InChI is InChI=1S/C18H15FN2OS/c19-12-3-5-16-14(10-12)15-11-21(8-7-17(15)20-16)18(22)6-4-13-2-1-9-23-13/h1-6,9-10,20H,7-8,11H2/b6-4+. The van der Waals surface area contributed by atoms with Gasteiger partial charge in [-0.3, -0.25) is 4.79 Å². The maximum Gasteiger partial charge on any atom is 0.246 e. The highest BCUT2D eigenvalue weighted by Gasteiger charge is 2.23. The lowest BCUT2D eigenvalue weighted by Crippen LogP contribution is -2.34. The second-order valence-electron chi connectivity index (χ2n) is 5.63. The molecule has 3 heterocycles. The van der Waals surface area contributed by atoms with E-state index >= 15 is 0 Å². The lowest BCUT2D eigenvalue weighted by atomic mass is 10.0. The Labute approximate surface area is 137 Å². The number of thiophene rings is 1. The smallest absolute Gasteiger partial charge is 0.246 e. The Bertz CT molecular complexity index is 895. The molecule has 0 radical (unpaired) electrons. The number of H-pyrrole nitrogens is 1. The average Bonchev–Trinajstić information content (AvgIpc) is 3.19. The number of halogens is 1. The van der Waals surface area contributed by atoms with Gasteiger partial charge in [-0.25, -0.2) is 4.39 Å². The van der Waals surface area contributed by atoms with E-state index in [-0.39, 0.29) is 11.7 Å². The number of carbonyl (C=O) groups excluding carboxylic acids is 1. The van der Waals surface area contributed by atoms with Crippen molar-refractivity contribution in [3.05, 3.63) is 63.7 Å². The van der Waals surface area contributed by atoms with Crippen LogP contribution in [0.15, 0.2) is 41.8 Å². The number of hydrogen-bond donors (Lipinski definition) is 1. The minimum atomic E-state index is -0.250. The van der Waals surface area contributed by atoms with Crippen molar-refractivity contribution >= 4 is 34.2 Å². The van der Waals surface area contributed by atoms with E-state index in [0.29, 0.717) is 13.1 Å². The zero-order chi connectivity index (χ0) is 15.8. The molecule has 0 saturated heterocycles. The first kappa shape index (κ1) is 14.2. The summed E-state index contributed by atoms with van der Waals surface area (Å²) in [5, 5.41) is 2.86. The number of nitrogens with one attached hydrogen (secondary N) is 1. The lowest BCUT2D eigenvalue weighted by molar-refractivity contribution is -0.126. The van der Waals surface area contributed by atoms with Gasteiger partial charge in [-0.1, -0.05) is 6.07 Å². The number of hydrogen-bond acceptors (Lipinski definition) is 2. The normalized spacial score (nSPS) is 14.6. The van der Waals surface area contributed by atoms with Gasteiger partial charge >= 0.3 is 0 Å². The summed E-state index contributed by atoms with van der Waals surface area (Å²) in [6, 6.07) is 8.69. The number of benzene rings is 1. The third-order valence-corrected chi connectivity index (χ3v) is 5.02. The molecule has 0 atom stereocenters. The van der Waals surface area contributed by atoms with Crippen LogP contribution in [0.4, 0.5) is 4.39 Å². The molecule has 1 amide bonds. The molecule has 0 bridgehead atoms. The number of rotatable bonds is 2. The topological polar surface area (TPSA) is 36.1 Å². The average molecular weight is 326 g/mol. The number of fused-ring (bicyclic) bond motifs is 3. The Hall–Kier alpha value is -2.40. The second kappa shape index (κ2) is 5.66. The molecule has 2 aromatic heterocycles. The van der Waals surface area contributed by atoms with Crippen molar-refractivity contribution in [2.75, 3.05) is 6.54 Å². The van der Waals surface area contributed by atoms with Crippen molar-refractivity contribution < 1.29 is 9.18 Å². The van der Waals surface area contributed by atoms with Gasteiger partial charge in [0.2, 0.25) is 5.91 Å². The van der Waals surface area contributed by atoms with Gasteiger partial charge in [0, 0.05) is 52.6 Å². The number of nitrogens with zero attached hydrogens (tertiary/aromatic N) is 1. The minimum Gasteiger partial charge on any atom is -0.358 e. The van der Waals surface area contributed by atoms with E-state index in [1.54, 1.807) is 29.5 Å². The van der Waals surface area contributed by atoms with Crippen molar-refractivity contribution in [1.29, 1.82) is 0 Å². The van der Waals surface area contributed by atoms with Crippen LogP contribution in [-0.4, -0.2) is 22.3 Å². The SMILES string of the molecule is O=C(/C=C/c1cccs1)N1CCc2[nH]c3ccc(F)cc3c2C1. The van der Waals surface area contributed by atoms with Crippen LogP contribution < -0.4 is 0 Å². The van der Waals surface area contributed by atoms with E-state index in [0.717, 1.165) is 33.5 Å². The number of aromatic nitrogens is 1. The number of aromatic amines is 1. The molecule has 5 heteroatoms. The Kier molecular flexibility index (Phi) is 3.50. The molecule has 3 nitrogen and oxygen atoms in total. The molecule has 0 fully saturated rings. The molecule has 1 aromatic carbocycles. The highest BCUT2D eigenvalue weighted by atomic mass is 32.1. The first-order valence-corrected chi connectivity index (χ1v) is 8.38. The van der Waals surface area contributed by atoms with Crippen LogP contribution in [0.25, 0.3) is 17.0 Å². The third-order valence-electron chi connectivity index (χ3n) is 4.18. The Morgan fingerprint density at radius 3 is 3.09 bits per heavy atom. The van der Waals surface area contributed by atoms with Gasteiger partial charge in [-0.15, -0.1) is 11.3 Å². The predicted molar refractivity (Wildman–Crippen MR) is 90.7 cm³/mol. The molecule has 4 rings (SSSR count). The quantitative estimate of drug-likeness (QED) is 0.711. The molecule has 1 aliphatic heterocycles. The monoisotopic (exact) mass is 326 g/mol. The second-order valence-corrected chi connectivity index (χ2v) is 6.61. The zero-order valence-electron chi connectivity index (χ0n) is 12.4. The van der Waals surface area contributed by atoms with Gasteiger partial charge in [-0.2, -0.15) is 0 Å². The van der Waals surface area contributed by atoms with Gasteiger partial charge < -0.3 is 9.88 Å². The number of carbonyl (C=O) groups is 1. The highest BCUT2D eigenvalue weighted by Crippen LogP contribution is 2.28. The molecule has 116 valence electrons. The molecule has 0 spiro atoms. The molecular weight excluding hydrogens is 311 g/mol. The maximum atomic E-state index is 13.5. The van der Waals surface area contributed by atoms with E-state index in [1.165, 1.54) is 6.07 Å². The molecule has 0 saturated carbocycles. The highest BCUT2D eigenvalue weighted by molar-refractivity contribution is 7.10. The van der Waals surface area contributed by atoms with Gasteiger partial charge in [0.1, 0.15) is 5.82 Å². The Balaban J connectivity index is 1.59. The summed E-state index contributed by atoms with van der Waals surface area (Å²) < 4.78 is 13.5. The first-order valence-electron chi connectivity index (χ1n) is 7.50. The molecule has 1 N–H and O–H groups in total. The predicted octanol–water partition coefficient (Wildman–Crippen LogP) is 3.97. The molecular formula is C18H15FN2OS.